The largest absolute Gasteiger partial charge is 0.507 e. The van der Waals surface area contributed by atoms with Gasteiger partial charge in [-0.25, -0.2) is 4.98 Å². The molecular weight excluding hydrogens is 426 g/mol. The van der Waals surface area contributed by atoms with E-state index < -0.39 is 17.7 Å². The smallest absolute Gasteiger partial charge is 0.295 e. The minimum atomic E-state index is -0.658. The molecular formula is C24H25N3O4S. The molecule has 0 unspecified atom stereocenters. The van der Waals surface area contributed by atoms with Crippen LogP contribution < -0.4 is 4.74 Å². The molecule has 1 N–H and O–H groups in total. The summed E-state index contributed by atoms with van der Waals surface area (Å²) in [5.74, 6) is -0.715. The van der Waals surface area contributed by atoms with E-state index in [1.54, 1.807) is 41.7 Å². The van der Waals surface area contributed by atoms with E-state index in [1.165, 1.54) is 11.3 Å². The summed E-state index contributed by atoms with van der Waals surface area (Å²) in [5, 5.41) is 13.0. The number of Topliss-reactive ketones (excluding diaryl/α,β-unsaturated/α-hetero) is 1. The van der Waals surface area contributed by atoms with Crippen LogP contribution in [0.1, 0.15) is 36.2 Å². The first kappa shape index (κ1) is 21.8. The number of likely N-dealkylation sites (tertiary alicyclic amines) is 1. The summed E-state index contributed by atoms with van der Waals surface area (Å²) >= 11 is 1.46. The van der Waals surface area contributed by atoms with Crippen molar-refractivity contribution in [3.05, 3.63) is 76.5 Å². The summed E-state index contributed by atoms with van der Waals surface area (Å²) in [6.07, 6.45) is 6.84. The van der Waals surface area contributed by atoms with E-state index >= 15 is 0 Å². The van der Waals surface area contributed by atoms with Crippen molar-refractivity contribution in [1.82, 2.24) is 14.5 Å². The number of ketones is 1. The normalized spacial score (nSPS) is 17.8. The van der Waals surface area contributed by atoms with Crippen LogP contribution in [0.15, 0.2) is 66.1 Å². The van der Waals surface area contributed by atoms with Gasteiger partial charge in [0.1, 0.15) is 11.5 Å². The van der Waals surface area contributed by atoms with Crippen molar-refractivity contribution in [2.24, 2.45) is 0 Å². The van der Waals surface area contributed by atoms with Crippen LogP contribution in [0, 0.1) is 0 Å². The average molecular weight is 452 g/mol. The maximum Gasteiger partial charge on any atom is 0.295 e. The molecule has 0 bridgehead atoms. The topological polar surface area (TPSA) is 84.7 Å². The van der Waals surface area contributed by atoms with Crippen molar-refractivity contribution >= 4 is 28.8 Å². The van der Waals surface area contributed by atoms with Gasteiger partial charge >= 0.3 is 0 Å². The van der Waals surface area contributed by atoms with Crippen LogP contribution >= 0.6 is 11.3 Å². The Morgan fingerprint density at radius 2 is 2.00 bits per heavy atom. The highest BCUT2D eigenvalue weighted by molar-refractivity contribution is 7.10. The highest BCUT2D eigenvalue weighted by Gasteiger charge is 2.46. The maximum atomic E-state index is 13.0. The standard InChI is InChI=1S/C24H25N3O4S/c1-2-14-31-18-8-6-17(7-9-18)22(28)20-21(19-5-3-15-32-19)27(24(30)23(20)29)12-4-11-26-13-10-25-16-26/h3,5-10,13,15-16,21,28H,2,4,11-12,14H2,1H3/b22-20+/t21-/m0/s1. The first-order valence-electron chi connectivity index (χ1n) is 10.6. The Bertz CT molecular complexity index is 1090. The van der Waals surface area contributed by atoms with E-state index in [-0.39, 0.29) is 11.3 Å². The second kappa shape index (κ2) is 9.82. The molecule has 2 aromatic heterocycles. The van der Waals surface area contributed by atoms with Crippen molar-refractivity contribution in [2.75, 3.05) is 13.2 Å². The Labute approximate surface area is 190 Å². The first-order valence-corrected chi connectivity index (χ1v) is 11.5. The number of rotatable bonds is 9. The van der Waals surface area contributed by atoms with Crippen molar-refractivity contribution in [2.45, 2.75) is 32.4 Å². The number of aromatic nitrogens is 2. The number of aryl methyl sites for hydroxylation is 1. The first-order chi connectivity index (χ1) is 15.6. The third kappa shape index (κ3) is 4.45. The van der Waals surface area contributed by atoms with Crippen molar-refractivity contribution in [1.29, 1.82) is 0 Å². The molecule has 1 atom stereocenters. The SMILES string of the molecule is CCCOc1ccc(/C(O)=C2\C(=O)C(=O)N(CCCn3ccnc3)[C@H]2c2cccs2)cc1. The van der Waals surface area contributed by atoms with Gasteiger partial charge < -0.3 is 19.3 Å². The summed E-state index contributed by atoms with van der Waals surface area (Å²) in [7, 11) is 0. The highest BCUT2D eigenvalue weighted by atomic mass is 32.1. The number of hydrogen-bond acceptors (Lipinski definition) is 6. The fourth-order valence-corrected chi connectivity index (χ4v) is 4.63. The van der Waals surface area contributed by atoms with Gasteiger partial charge in [0.2, 0.25) is 0 Å². The molecule has 1 saturated heterocycles. The Kier molecular flexibility index (Phi) is 6.70. The fraction of sp³-hybridized carbons (Fsp3) is 0.292. The van der Waals surface area contributed by atoms with Crippen molar-refractivity contribution in [3.63, 3.8) is 0 Å². The second-order valence-electron chi connectivity index (χ2n) is 7.53. The van der Waals surface area contributed by atoms with E-state index in [0.717, 1.165) is 11.3 Å². The lowest BCUT2D eigenvalue weighted by Crippen LogP contribution is -2.31. The van der Waals surface area contributed by atoms with Gasteiger partial charge in [-0.1, -0.05) is 13.0 Å². The Hall–Kier alpha value is -3.39. The highest BCUT2D eigenvalue weighted by Crippen LogP contribution is 2.41. The van der Waals surface area contributed by atoms with Gasteiger partial charge in [0, 0.05) is 35.9 Å². The maximum absolute atomic E-state index is 13.0. The lowest BCUT2D eigenvalue weighted by molar-refractivity contribution is -0.139. The quantitative estimate of drug-likeness (QED) is 0.299. The van der Waals surface area contributed by atoms with Crippen LogP contribution in [0.3, 0.4) is 0 Å². The number of amides is 1. The molecule has 32 heavy (non-hydrogen) atoms. The minimum absolute atomic E-state index is 0.127. The molecule has 3 aromatic rings. The number of aliphatic hydroxyl groups excluding tert-OH is 1. The molecule has 0 spiro atoms. The summed E-state index contributed by atoms with van der Waals surface area (Å²) in [4.78, 5) is 32.3. The predicted octanol–water partition coefficient (Wildman–Crippen LogP) is 4.25. The van der Waals surface area contributed by atoms with E-state index in [1.807, 2.05) is 35.2 Å². The van der Waals surface area contributed by atoms with Crippen molar-refractivity contribution < 1.29 is 19.4 Å². The lowest BCUT2D eigenvalue weighted by Gasteiger charge is -2.24. The molecule has 0 radical (unpaired) electrons. The fourth-order valence-electron chi connectivity index (χ4n) is 3.78. The van der Waals surface area contributed by atoms with E-state index in [0.29, 0.717) is 37.4 Å². The van der Waals surface area contributed by atoms with Gasteiger partial charge in [0.25, 0.3) is 11.7 Å². The lowest BCUT2D eigenvalue weighted by atomic mass is 10.00. The van der Waals surface area contributed by atoms with Gasteiger partial charge in [-0.2, -0.15) is 0 Å². The summed E-state index contributed by atoms with van der Waals surface area (Å²) in [6.45, 7) is 3.71. The molecule has 7 nitrogen and oxygen atoms in total. The van der Waals surface area contributed by atoms with Crippen LogP contribution in [0.4, 0.5) is 0 Å². The number of carbonyl (C=O) groups excluding carboxylic acids is 2. The molecule has 4 rings (SSSR count). The molecule has 0 aliphatic carbocycles. The number of thiophene rings is 1. The zero-order valence-corrected chi connectivity index (χ0v) is 18.6. The number of aliphatic hydroxyl groups is 1. The molecule has 1 aromatic carbocycles. The monoisotopic (exact) mass is 451 g/mol. The summed E-state index contributed by atoms with van der Waals surface area (Å²) in [6, 6.07) is 10.1. The Morgan fingerprint density at radius 1 is 1.19 bits per heavy atom. The molecule has 1 amide bonds. The van der Waals surface area contributed by atoms with Crippen LogP contribution in [0.5, 0.6) is 5.75 Å². The van der Waals surface area contributed by atoms with Gasteiger partial charge in [-0.15, -0.1) is 11.3 Å². The zero-order chi connectivity index (χ0) is 22.5. The van der Waals surface area contributed by atoms with Crippen LogP contribution in [0.25, 0.3) is 5.76 Å². The number of ether oxygens (including phenoxy) is 1. The second-order valence-corrected chi connectivity index (χ2v) is 8.51. The van der Waals surface area contributed by atoms with Crippen LogP contribution in [0.2, 0.25) is 0 Å². The van der Waals surface area contributed by atoms with Gasteiger partial charge in [0.05, 0.1) is 24.5 Å². The number of carbonyl (C=O) groups is 2. The molecule has 166 valence electrons. The van der Waals surface area contributed by atoms with Crippen LogP contribution in [-0.2, 0) is 16.1 Å². The van der Waals surface area contributed by atoms with E-state index in [2.05, 4.69) is 4.98 Å². The third-order valence-corrected chi connectivity index (χ3v) is 6.25. The van der Waals surface area contributed by atoms with Gasteiger partial charge in [-0.05, 0) is 48.6 Å². The molecule has 8 heteroatoms. The molecule has 1 aliphatic heterocycles. The summed E-state index contributed by atoms with van der Waals surface area (Å²) in [5.41, 5.74) is 0.606. The van der Waals surface area contributed by atoms with E-state index in [4.69, 9.17) is 4.74 Å². The number of hydrogen-bond donors (Lipinski definition) is 1. The average Bonchev–Trinajstić information content (AvgIpc) is 3.56. The molecule has 1 fully saturated rings. The summed E-state index contributed by atoms with van der Waals surface area (Å²) < 4.78 is 7.52. The number of benzene rings is 1. The number of nitrogens with zero attached hydrogens (tertiary/aromatic N) is 3. The molecule has 0 saturated carbocycles. The molecule has 1 aliphatic rings. The van der Waals surface area contributed by atoms with Crippen LogP contribution in [-0.4, -0.2) is 44.4 Å². The Morgan fingerprint density at radius 3 is 2.66 bits per heavy atom. The zero-order valence-electron chi connectivity index (χ0n) is 17.8. The Balaban J connectivity index is 1.63. The molecule has 3 heterocycles. The van der Waals surface area contributed by atoms with Gasteiger partial charge in [-0.3, -0.25) is 9.59 Å². The van der Waals surface area contributed by atoms with E-state index in [9.17, 15) is 14.7 Å². The third-order valence-electron chi connectivity index (χ3n) is 5.33. The minimum Gasteiger partial charge on any atom is -0.507 e. The predicted molar refractivity (Wildman–Crippen MR) is 122 cm³/mol. The van der Waals surface area contributed by atoms with Gasteiger partial charge in [0.15, 0.2) is 0 Å². The number of imidazole rings is 1. The van der Waals surface area contributed by atoms with Crippen molar-refractivity contribution in [3.8, 4) is 5.75 Å².